The molecule has 0 aliphatic rings. The molecule has 100 valence electrons. The van der Waals surface area contributed by atoms with Crippen LogP contribution in [0.15, 0.2) is 18.2 Å². The number of anilines is 1. The lowest BCUT2D eigenvalue weighted by atomic mass is 9.85. The van der Waals surface area contributed by atoms with Gasteiger partial charge in [-0.2, -0.15) is 0 Å². The molecule has 1 aromatic rings. The zero-order valence-corrected chi connectivity index (χ0v) is 11.4. The van der Waals surface area contributed by atoms with E-state index < -0.39 is 16.1 Å². The van der Waals surface area contributed by atoms with Crippen LogP contribution in [-0.4, -0.2) is 21.2 Å². The molecule has 0 fully saturated rings. The third-order valence-corrected chi connectivity index (χ3v) is 3.40. The molecular formula is C13H20N2O3. The quantitative estimate of drug-likeness (QED) is 0.638. The molecule has 0 radical (unpaired) electrons. The number of non-ortho nitro benzene ring substituents is 1. The number of rotatable bonds is 4. The van der Waals surface area contributed by atoms with Crippen LogP contribution in [0.2, 0.25) is 0 Å². The van der Waals surface area contributed by atoms with Gasteiger partial charge in [-0.1, -0.05) is 0 Å². The highest BCUT2D eigenvalue weighted by Gasteiger charge is 2.35. The minimum absolute atomic E-state index is 0.0686. The van der Waals surface area contributed by atoms with Crippen molar-refractivity contribution in [3.63, 3.8) is 0 Å². The van der Waals surface area contributed by atoms with Crippen molar-refractivity contribution in [2.24, 2.45) is 0 Å². The minimum atomic E-state index is -0.915. The summed E-state index contributed by atoms with van der Waals surface area (Å²) in [4.78, 5) is 10.2. The van der Waals surface area contributed by atoms with E-state index in [9.17, 15) is 15.2 Å². The normalized spacial score (nSPS) is 12.3. The summed E-state index contributed by atoms with van der Waals surface area (Å²) >= 11 is 0. The van der Waals surface area contributed by atoms with E-state index in [-0.39, 0.29) is 5.69 Å². The van der Waals surface area contributed by atoms with Gasteiger partial charge in [0.1, 0.15) is 0 Å². The average molecular weight is 252 g/mol. The maximum Gasteiger partial charge on any atom is 0.269 e. The molecule has 0 atom stereocenters. The number of nitro groups is 1. The smallest absolute Gasteiger partial charge is 0.269 e. The molecule has 0 aromatic heterocycles. The molecule has 0 saturated carbocycles. The number of hydrogen-bond donors (Lipinski definition) is 2. The third kappa shape index (κ3) is 2.98. The zero-order valence-electron chi connectivity index (χ0n) is 11.4. The Hall–Kier alpha value is -1.62. The first-order valence-corrected chi connectivity index (χ1v) is 5.80. The number of nitro benzene ring substituents is 1. The predicted molar refractivity (Wildman–Crippen MR) is 71.8 cm³/mol. The van der Waals surface area contributed by atoms with Crippen molar-refractivity contribution in [1.29, 1.82) is 0 Å². The molecule has 0 saturated heterocycles. The molecule has 5 nitrogen and oxygen atoms in total. The van der Waals surface area contributed by atoms with Gasteiger partial charge < -0.3 is 10.4 Å². The topological polar surface area (TPSA) is 75.4 Å². The van der Waals surface area contributed by atoms with Crippen LogP contribution in [0.4, 0.5) is 11.4 Å². The summed E-state index contributed by atoms with van der Waals surface area (Å²) in [5, 5.41) is 23.9. The van der Waals surface area contributed by atoms with E-state index in [1.165, 1.54) is 12.1 Å². The van der Waals surface area contributed by atoms with Crippen molar-refractivity contribution in [1.82, 2.24) is 0 Å². The monoisotopic (exact) mass is 252 g/mol. The highest BCUT2D eigenvalue weighted by atomic mass is 16.6. The van der Waals surface area contributed by atoms with Crippen molar-refractivity contribution >= 4 is 11.4 Å². The highest BCUT2D eigenvalue weighted by molar-refractivity contribution is 5.57. The third-order valence-electron chi connectivity index (χ3n) is 3.40. The first-order valence-electron chi connectivity index (χ1n) is 5.80. The first-order chi connectivity index (χ1) is 8.04. The number of aryl methyl sites for hydroxylation is 1. The fourth-order valence-corrected chi connectivity index (χ4v) is 1.39. The Balaban J connectivity index is 3.03. The van der Waals surface area contributed by atoms with Crippen LogP contribution >= 0.6 is 0 Å². The maximum absolute atomic E-state index is 10.7. The van der Waals surface area contributed by atoms with Gasteiger partial charge in [-0.25, -0.2) is 0 Å². The van der Waals surface area contributed by atoms with Crippen molar-refractivity contribution in [2.75, 3.05) is 5.32 Å². The van der Waals surface area contributed by atoms with E-state index in [0.717, 1.165) is 11.3 Å². The van der Waals surface area contributed by atoms with Crippen LogP contribution in [0.1, 0.15) is 33.3 Å². The van der Waals surface area contributed by atoms with Gasteiger partial charge >= 0.3 is 0 Å². The van der Waals surface area contributed by atoms with E-state index >= 15 is 0 Å². The van der Waals surface area contributed by atoms with Crippen LogP contribution in [0, 0.1) is 17.0 Å². The van der Waals surface area contributed by atoms with Gasteiger partial charge in [0.25, 0.3) is 5.69 Å². The number of nitrogens with one attached hydrogen (secondary N) is 1. The van der Waals surface area contributed by atoms with E-state index in [0.29, 0.717) is 0 Å². The van der Waals surface area contributed by atoms with Crippen molar-refractivity contribution in [2.45, 2.75) is 45.8 Å². The molecule has 0 bridgehead atoms. The van der Waals surface area contributed by atoms with Crippen LogP contribution in [0.5, 0.6) is 0 Å². The van der Waals surface area contributed by atoms with Crippen LogP contribution in [0.3, 0.4) is 0 Å². The summed E-state index contributed by atoms with van der Waals surface area (Å²) in [6.45, 7) is 9.01. The molecule has 0 aliphatic heterocycles. The fraction of sp³-hybridized carbons (Fsp3) is 0.538. The van der Waals surface area contributed by atoms with E-state index in [2.05, 4.69) is 5.32 Å². The SMILES string of the molecule is Cc1cc([N+](=O)[O-])ccc1NC(C)(C)C(C)(C)O. The van der Waals surface area contributed by atoms with Gasteiger partial charge in [-0.15, -0.1) is 0 Å². The van der Waals surface area contributed by atoms with Crippen LogP contribution in [-0.2, 0) is 0 Å². The van der Waals surface area contributed by atoms with Crippen molar-refractivity contribution in [3.05, 3.63) is 33.9 Å². The minimum Gasteiger partial charge on any atom is -0.388 e. The summed E-state index contributed by atoms with van der Waals surface area (Å²) in [6, 6.07) is 4.64. The molecule has 0 unspecified atom stereocenters. The fourth-order valence-electron chi connectivity index (χ4n) is 1.39. The Morgan fingerprint density at radius 2 is 1.83 bits per heavy atom. The molecule has 0 amide bonds. The lowest BCUT2D eigenvalue weighted by Crippen LogP contribution is -2.51. The summed E-state index contributed by atoms with van der Waals surface area (Å²) < 4.78 is 0. The molecular weight excluding hydrogens is 232 g/mol. The van der Waals surface area contributed by atoms with Gasteiger partial charge in [0.05, 0.1) is 16.1 Å². The molecule has 1 aromatic carbocycles. The lowest BCUT2D eigenvalue weighted by molar-refractivity contribution is -0.384. The van der Waals surface area contributed by atoms with Gasteiger partial charge in [-0.3, -0.25) is 10.1 Å². The second-order valence-corrected chi connectivity index (χ2v) is 5.57. The Labute approximate surface area is 107 Å². The van der Waals surface area contributed by atoms with E-state index in [4.69, 9.17) is 0 Å². The number of hydrogen-bond acceptors (Lipinski definition) is 4. The van der Waals surface area contributed by atoms with Crippen molar-refractivity contribution < 1.29 is 10.0 Å². The van der Waals surface area contributed by atoms with Crippen LogP contribution in [0.25, 0.3) is 0 Å². The number of aliphatic hydroxyl groups is 1. The number of benzene rings is 1. The highest BCUT2D eigenvalue weighted by Crippen LogP contribution is 2.29. The van der Waals surface area contributed by atoms with Crippen molar-refractivity contribution in [3.8, 4) is 0 Å². The molecule has 18 heavy (non-hydrogen) atoms. The van der Waals surface area contributed by atoms with Gasteiger partial charge in [0.2, 0.25) is 0 Å². The molecule has 5 heteroatoms. The van der Waals surface area contributed by atoms with Gasteiger partial charge in [0, 0.05) is 17.8 Å². The Morgan fingerprint density at radius 3 is 2.22 bits per heavy atom. The Morgan fingerprint density at radius 1 is 1.28 bits per heavy atom. The second-order valence-electron chi connectivity index (χ2n) is 5.57. The second kappa shape index (κ2) is 4.57. The predicted octanol–water partition coefficient (Wildman–Crippen LogP) is 2.86. The summed E-state index contributed by atoms with van der Waals surface area (Å²) in [5.74, 6) is 0. The van der Waals surface area contributed by atoms with Gasteiger partial charge in [0.15, 0.2) is 0 Å². The van der Waals surface area contributed by atoms with E-state index in [1.54, 1.807) is 26.8 Å². The van der Waals surface area contributed by atoms with E-state index in [1.807, 2.05) is 13.8 Å². The zero-order chi connectivity index (χ0) is 14.1. The number of nitrogens with zero attached hydrogens (tertiary/aromatic N) is 1. The summed E-state index contributed by atoms with van der Waals surface area (Å²) in [6.07, 6.45) is 0. The molecule has 1 rings (SSSR count). The largest absolute Gasteiger partial charge is 0.388 e. The standard InChI is InChI=1S/C13H20N2O3/c1-9-8-10(15(17)18)6-7-11(9)14-12(2,3)13(4,5)16/h6-8,14,16H,1-5H3. The lowest BCUT2D eigenvalue weighted by Gasteiger charge is -2.39. The molecule has 0 aliphatic carbocycles. The first kappa shape index (κ1) is 14.4. The summed E-state index contributed by atoms with van der Waals surface area (Å²) in [7, 11) is 0. The summed E-state index contributed by atoms with van der Waals surface area (Å²) in [5.41, 5.74) is 0.170. The van der Waals surface area contributed by atoms with Gasteiger partial charge in [-0.05, 0) is 46.2 Å². The molecule has 0 heterocycles. The maximum atomic E-state index is 10.7. The molecule has 0 spiro atoms. The average Bonchev–Trinajstić information content (AvgIpc) is 2.18. The molecule has 2 N–H and O–H groups in total. The Bertz CT molecular complexity index is 462. The Kier molecular flexibility index (Phi) is 3.67. The van der Waals surface area contributed by atoms with Crippen LogP contribution < -0.4 is 5.32 Å².